The van der Waals surface area contributed by atoms with Crippen LogP contribution in [0.5, 0.6) is 0 Å². The van der Waals surface area contributed by atoms with Crippen LogP contribution in [-0.4, -0.2) is 20.8 Å². The monoisotopic (exact) mass is 264 g/mol. The van der Waals surface area contributed by atoms with Crippen molar-refractivity contribution in [2.75, 3.05) is 0 Å². The quantitative estimate of drug-likeness (QED) is 0.899. The summed E-state index contributed by atoms with van der Waals surface area (Å²) in [5.41, 5.74) is 7.33. The third-order valence-electron chi connectivity index (χ3n) is 2.85. The molecule has 4 nitrogen and oxygen atoms in total. The van der Waals surface area contributed by atoms with Crippen molar-refractivity contribution in [2.45, 2.75) is 32.4 Å². The van der Waals surface area contributed by atoms with Crippen molar-refractivity contribution < 1.29 is 0 Å². The van der Waals surface area contributed by atoms with E-state index >= 15 is 0 Å². The normalized spacial score (nSPS) is 12.6. The van der Waals surface area contributed by atoms with Crippen LogP contribution in [0.15, 0.2) is 30.6 Å². The first-order chi connectivity index (χ1) is 8.69. The van der Waals surface area contributed by atoms with Gasteiger partial charge in [-0.3, -0.25) is 4.68 Å². The van der Waals surface area contributed by atoms with Gasteiger partial charge in [0.1, 0.15) is 12.2 Å². The van der Waals surface area contributed by atoms with Gasteiger partial charge in [-0.25, -0.2) is 4.98 Å². The molecule has 0 spiro atoms. The molecule has 0 aliphatic heterocycles. The molecule has 0 aliphatic rings. The summed E-state index contributed by atoms with van der Waals surface area (Å²) in [6.45, 7) is 2.87. The number of hydrogen-bond donors (Lipinski definition) is 1. The summed E-state index contributed by atoms with van der Waals surface area (Å²) in [5, 5.41) is 4.89. The fourth-order valence-corrected chi connectivity index (χ4v) is 2.07. The van der Waals surface area contributed by atoms with E-state index in [-0.39, 0.29) is 6.04 Å². The molecule has 1 heterocycles. The maximum Gasteiger partial charge on any atom is 0.138 e. The summed E-state index contributed by atoms with van der Waals surface area (Å²) in [5.74, 6) is 0.943. The van der Waals surface area contributed by atoms with E-state index in [0.717, 1.165) is 30.2 Å². The first-order valence-electron chi connectivity index (χ1n) is 6.05. The summed E-state index contributed by atoms with van der Waals surface area (Å²) < 4.78 is 1.88. The SMILES string of the molecule is CCn1ncnc1CC(N)Cc1ccc(Cl)cc1. The Bertz CT molecular complexity index is 492. The van der Waals surface area contributed by atoms with Gasteiger partial charge in [-0.1, -0.05) is 23.7 Å². The summed E-state index contributed by atoms with van der Waals surface area (Å²) >= 11 is 5.85. The van der Waals surface area contributed by atoms with Gasteiger partial charge in [-0.2, -0.15) is 5.10 Å². The molecule has 1 atom stereocenters. The van der Waals surface area contributed by atoms with Gasteiger partial charge in [0, 0.05) is 24.0 Å². The predicted octanol–water partition coefficient (Wildman–Crippen LogP) is 2.06. The Morgan fingerprint density at radius 1 is 1.28 bits per heavy atom. The molecule has 0 aliphatic carbocycles. The summed E-state index contributed by atoms with van der Waals surface area (Å²) in [7, 11) is 0. The molecular weight excluding hydrogens is 248 g/mol. The minimum atomic E-state index is 0.0423. The van der Waals surface area contributed by atoms with Crippen LogP contribution >= 0.6 is 11.6 Å². The number of rotatable bonds is 5. The Balaban J connectivity index is 1.96. The van der Waals surface area contributed by atoms with Gasteiger partial charge in [0.05, 0.1) is 0 Å². The molecular formula is C13H17ClN4. The summed E-state index contributed by atoms with van der Waals surface area (Å²) in [6, 6.07) is 7.83. The molecule has 1 unspecified atom stereocenters. The lowest BCUT2D eigenvalue weighted by Gasteiger charge is -2.11. The third kappa shape index (κ3) is 3.31. The number of nitrogens with two attached hydrogens (primary N) is 1. The highest BCUT2D eigenvalue weighted by atomic mass is 35.5. The molecule has 0 bridgehead atoms. The Hall–Kier alpha value is -1.39. The topological polar surface area (TPSA) is 56.7 Å². The van der Waals surface area contributed by atoms with Crippen molar-refractivity contribution in [3.63, 3.8) is 0 Å². The molecule has 0 radical (unpaired) electrons. The van der Waals surface area contributed by atoms with Gasteiger partial charge in [0.2, 0.25) is 0 Å². The molecule has 96 valence electrons. The van der Waals surface area contributed by atoms with Gasteiger partial charge in [-0.05, 0) is 31.0 Å². The summed E-state index contributed by atoms with van der Waals surface area (Å²) in [4.78, 5) is 4.23. The van der Waals surface area contributed by atoms with E-state index in [4.69, 9.17) is 17.3 Å². The zero-order valence-corrected chi connectivity index (χ0v) is 11.1. The second kappa shape index (κ2) is 5.98. The largest absolute Gasteiger partial charge is 0.327 e. The molecule has 2 N–H and O–H groups in total. The lowest BCUT2D eigenvalue weighted by molar-refractivity contribution is 0.567. The van der Waals surface area contributed by atoms with Crippen LogP contribution in [0.3, 0.4) is 0 Å². The maximum absolute atomic E-state index is 6.14. The number of benzene rings is 1. The Kier molecular flexibility index (Phi) is 4.33. The highest BCUT2D eigenvalue weighted by Crippen LogP contribution is 2.11. The molecule has 2 aromatic rings. The molecule has 2 rings (SSSR count). The molecule has 18 heavy (non-hydrogen) atoms. The average Bonchev–Trinajstić information content (AvgIpc) is 2.79. The second-order valence-corrected chi connectivity index (χ2v) is 4.72. The molecule has 1 aromatic carbocycles. The van der Waals surface area contributed by atoms with Crippen LogP contribution in [0, 0.1) is 0 Å². The van der Waals surface area contributed by atoms with Crippen molar-refractivity contribution in [2.24, 2.45) is 5.73 Å². The fourth-order valence-electron chi connectivity index (χ4n) is 1.94. The molecule has 0 saturated carbocycles. The predicted molar refractivity (Wildman–Crippen MR) is 72.5 cm³/mol. The van der Waals surface area contributed by atoms with Crippen LogP contribution in [-0.2, 0) is 19.4 Å². The van der Waals surface area contributed by atoms with Crippen LogP contribution in [0.1, 0.15) is 18.3 Å². The second-order valence-electron chi connectivity index (χ2n) is 4.29. The molecule has 1 aromatic heterocycles. The lowest BCUT2D eigenvalue weighted by Crippen LogP contribution is -2.27. The fraction of sp³-hybridized carbons (Fsp3) is 0.385. The Labute approximate surface area is 112 Å². The standard InChI is InChI=1S/C13H17ClN4/c1-2-18-13(16-9-17-18)8-12(15)7-10-3-5-11(14)6-4-10/h3-6,9,12H,2,7-8,15H2,1H3. The van der Waals surface area contributed by atoms with Gasteiger partial charge >= 0.3 is 0 Å². The van der Waals surface area contributed by atoms with E-state index in [2.05, 4.69) is 10.1 Å². The number of hydrogen-bond acceptors (Lipinski definition) is 3. The van der Waals surface area contributed by atoms with Crippen molar-refractivity contribution in [1.82, 2.24) is 14.8 Å². The van der Waals surface area contributed by atoms with Crippen LogP contribution in [0.2, 0.25) is 5.02 Å². The third-order valence-corrected chi connectivity index (χ3v) is 3.10. The number of halogens is 1. The minimum Gasteiger partial charge on any atom is -0.327 e. The zero-order chi connectivity index (χ0) is 13.0. The highest BCUT2D eigenvalue weighted by molar-refractivity contribution is 6.30. The number of aromatic nitrogens is 3. The van der Waals surface area contributed by atoms with Crippen LogP contribution in [0.25, 0.3) is 0 Å². The van der Waals surface area contributed by atoms with Crippen LogP contribution < -0.4 is 5.73 Å². The van der Waals surface area contributed by atoms with Crippen molar-refractivity contribution in [3.05, 3.63) is 47.0 Å². The van der Waals surface area contributed by atoms with Crippen molar-refractivity contribution in [1.29, 1.82) is 0 Å². The molecule has 0 fully saturated rings. The minimum absolute atomic E-state index is 0.0423. The molecule has 0 amide bonds. The summed E-state index contributed by atoms with van der Waals surface area (Å²) in [6.07, 6.45) is 3.12. The number of aryl methyl sites for hydroxylation is 1. The van der Waals surface area contributed by atoms with Crippen molar-refractivity contribution in [3.8, 4) is 0 Å². The van der Waals surface area contributed by atoms with E-state index in [1.54, 1.807) is 6.33 Å². The van der Waals surface area contributed by atoms with Gasteiger partial charge in [0.15, 0.2) is 0 Å². The van der Waals surface area contributed by atoms with Gasteiger partial charge in [-0.15, -0.1) is 0 Å². The Morgan fingerprint density at radius 3 is 2.67 bits per heavy atom. The lowest BCUT2D eigenvalue weighted by atomic mass is 10.0. The van der Waals surface area contributed by atoms with E-state index in [0.29, 0.717) is 0 Å². The van der Waals surface area contributed by atoms with E-state index in [9.17, 15) is 0 Å². The van der Waals surface area contributed by atoms with Crippen molar-refractivity contribution >= 4 is 11.6 Å². The maximum atomic E-state index is 6.14. The van der Waals surface area contributed by atoms with E-state index < -0.39 is 0 Å². The first kappa shape index (κ1) is 13.1. The average molecular weight is 265 g/mol. The zero-order valence-electron chi connectivity index (χ0n) is 10.4. The van der Waals surface area contributed by atoms with Gasteiger partial charge in [0.25, 0.3) is 0 Å². The first-order valence-corrected chi connectivity index (χ1v) is 6.43. The molecule has 0 saturated heterocycles. The Morgan fingerprint density at radius 2 is 2.00 bits per heavy atom. The van der Waals surface area contributed by atoms with E-state index in [1.807, 2.05) is 35.9 Å². The van der Waals surface area contributed by atoms with Crippen LogP contribution in [0.4, 0.5) is 0 Å². The number of nitrogens with zero attached hydrogens (tertiary/aromatic N) is 3. The van der Waals surface area contributed by atoms with E-state index in [1.165, 1.54) is 5.56 Å². The van der Waals surface area contributed by atoms with Gasteiger partial charge < -0.3 is 5.73 Å². The highest BCUT2D eigenvalue weighted by Gasteiger charge is 2.10. The molecule has 5 heteroatoms. The smallest absolute Gasteiger partial charge is 0.138 e.